The molecule has 5 nitrogen and oxygen atoms in total. The molecule has 0 saturated carbocycles. The minimum Gasteiger partial charge on any atom is -0.469 e. The molecule has 1 aromatic rings. The number of esters is 1. The van der Waals surface area contributed by atoms with Crippen LogP contribution in [0.15, 0.2) is 24.3 Å². The highest BCUT2D eigenvalue weighted by molar-refractivity contribution is 5.70. The summed E-state index contributed by atoms with van der Waals surface area (Å²) in [7, 11) is 5.29. The van der Waals surface area contributed by atoms with Crippen molar-refractivity contribution in [2.75, 3.05) is 32.6 Å². The first kappa shape index (κ1) is 17.5. The predicted octanol–water partition coefficient (Wildman–Crippen LogP) is 1.72. The molecule has 2 unspecified atom stereocenters. The van der Waals surface area contributed by atoms with E-state index >= 15 is 0 Å². The van der Waals surface area contributed by atoms with E-state index in [4.69, 9.17) is 4.74 Å². The maximum Gasteiger partial charge on any atom is 0.307 e. The molecule has 118 valence electrons. The number of nitrogens with one attached hydrogen (secondary N) is 1. The van der Waals surface area contributed by atoms with Crippen LogP contribution in [0.3, 0.4) is 0 Å². The lowest BCUT2D eigenvalue weighted by atomic mass is 9.99. The predicted molar refractivity (Wildman–Crippen MR) is 84.4 cm³/mol. The van der Waals surface area contributed by atoms with Gasteiger partial charge in [-0.05, 0) is 30.7 Å². The average Bonchev–Trinajstić information content (AvgIpc) is 2.50. The Hall–Kier alpha value is -1.59. The van der Waals surface area contributed by atoms with Gasteiger partial charge in [-0.2, -0.15) is 0 Å². The highest BCUT2D eigenvalue weighted by Gasteiger charge is 2.23. The van der Waals surface area contributed by atoms with Gasteiger partial charge in [0.15, 0.2) is 0 Å². The highest BCUT2D eigenvalue weighted by atomic mass is 16.5. The van der Waals surface area contributed by atoms with E-state index in [1.54, 1.807) is 0 Å². The normalized spacial score (nSPS) is 13.6. The van der Waals surface area contributed by atoms with Crippen molar-refractivity contribution in [3.8, 4) is 0 Å². The lowest BCUT2D eigenvalue weighted by molar-refractivity contribution is -0.142. The van der Waals surface area contributed by atoms with E-state index in [1.807, 2.05) is 50.2 Å². The zero-order valence-corrected chi connectivity index (χ0v) is 13.3. The molecule has 0 fully saturated rings. The van der Waals surface area contributed by atoms with Crippen LogP contribution >= 0.6 is 0 Å². The number of aliphatic hydroxyl groups excluding tert-OH is 1. The molecule has 0 saturated heterocycles. The molecule has 0 aliphatic heterocycles. The summed E-state index contributed by atoms with van der Waals surface area (Å²) in [5.41, 5.74) is 1.86. The van der Waals surface area contributed by atoms with Gasteiger partial charge < -0.3 is 20.1 Å². The Balaban J connectivity index is 2.82. The average molecular weight is 294 g/mol. The van der Waals surface area contributed by atoms with Gasteiger partial charge in [-0.15, -0.1) is 0 Å². The van der Waals surface area contributed by atoms with Crippen molar-refractivity contribution in [2.24, 2.45) is 0 Å². The SMILES string of the molecule is CCCNC(CC(=O)OC)C(O)c1ccc(N(C)C)cc1. The van der Waals surface area contributed by atoms with E-state index in [2.05, 4.69) is 5.32 Å². The number of aliphatic hydroxyl groups is 1. The molecule has 2 atom stereocenters. The number of ether oxygens (including phenoxy) is 1. The number of anilines is 1. The van der Waals surface area contributed by atoms with Gasteiger partial charge in [0.05, 0.1) is 19.6 Å². The van der Waals surface area contributed by atoms with Crippen LogP contribution in [-0.2, 0) is 9.53 Å². The van der Waals surface area contributed by atoms with Crippen molar-refractivity contribution in [3.63, 3.8) is 0 Å². The molecule has 0 aromatic heterocycles. The van der Waals surface area contributed by atoms with Crippen molar-refractivity contribution < 1.29 is 14.6 Å². The number of benzene rings is 1. The van der Waals surface area contributed by atoms with Gasteiger partial charge in [0, 0.05) is 25.8 Å². The number of nitrogens with zero attached hydrogens (tertiary/aromatic N) is 1. The molecule has 1 aromatic carbocycles. The standard InChI is InChI=1S/C16H26N2O3/c1-5-10-17-14(11-15(19)21-4)16(20)12-6-8-13(9-7-12)18(2)3/h6-9,14,16-17,20H,5,10-11H2,1-4H3. The molecule has 0 bridgehead atoms. The Morgan fingerprint density at radius 1 is 1.33 bits per heavy atom. The van der Waals surface area contributed by atoms with Gasteiger partial charge in [0.2, 0.25) is 0 Å². The molecular weight excluding hydrogens is 268 g/mol. The second-order valence-electron chi connectivity index (χ2n) is 5.27. The lowest BCUT2D eigenvalue weighted by Gasteiger charge is -2.24. The van der Waals surface area contributed by atoms with Gasteiger partial charge in [-0.3, -0.25) is 4.79 Å². The smallest absolute Gasteiger partial charge is 0.307 e. The first-order valence-corrected chi connectivity index (χ1v) is 7.25. The van der Waals surface area contributed by atoms with Crippen molar-refractivity contribution >= 4 is 11.7 Å². The number of rotatable bonds is 8. The number of hydrogen-bond donors (Lipinski definition) is 2. The van der Waals surface area contributed by atoms with Gasteiger partial charge in [0.25, 0.3) is 0 Å². The van der Waals surface area contributed by atoms with Crippen LogP contribution in [0.1, 0.15) is 31.4 Å². The van der Waals surface area contributed by atoms with Gasteiger partial charge in [-0.1, -0.05) is 19.1 Å². The summed E-state index contributed by atoms with van der Waals surface area (Å²) in [5, 5.41) is 13.7. The third-order valence-electron chi connectivity index (χ3n) is 3.40. The van der Waals surface area contributed by atoms with E-state index in [0.717, 1.165) is 24.2 Å². The van der Waals surface area contributed by atoms with Gasteiger partial charge in [0.1, 0.15) is 0 Å². The van der Waals surface area contributed by atoms with Crippen molar-refractivity contribution in [1.29, 1.82) is 0 Å². The lowest BCUT2D eigenvalue weighted by Crippen LogP contribution is -2.37. The molecule has 0 aliphatic rings. The maximum atomic E-state index is 11.5. The first-order valence-electron chi connectivity index (χ1n) is 7.25. The highest BCUT2D eigenvalue weighted by Crippen LogP contribution is 2.22. The van der Waals surface area contributed by atoms with Crippen LogP contribution in [0.4, 0.5) is 5.69 Å². The zero-order chi connectivity index (χ0) is 15.8. The Labute approximate surface area is 126 Å². The molecule has 0 amide bonds. The maximum absolute atomic E-state index is 11.5. The summed E-state index contributed by atoms with van der Waals surface area (Å²) in [4.78, 5) is 13.5. The molecule has 0 aliphatic carbocycles. The first-order chi connectivity index (χ1) is 9.99. The number of hydrogen-bond acceptors (Lipinski definition) is 5. The molecule has 5 heteroatoms. The summed E-state index contributed by atoms with van der Waals surface area (Å²) in [5.74, 6) is -0.326. The van der Waals surface area contributed by atoms with Crippen molar-refractivity contribution in [2.45, 2.75) is 31.9 Å². The summed E-state index contributed by atoms with van der Waals surface area (Å²) in [6.45, 7) is 2.79. The Kier molecular flexibility index (Phi) is 7.19. The van der Waals surface area contributed by atoms with Crippen LogP contribution in [0.25, 0.3) is 0 Å². The van der Waals surface area contributed by atoms with Gasteiger partial charge >= 0.3 is 5.97 Å². The van der Waals surface area contributed by atoms with Crippen molar-refractivity contribution in [3.05, 3.63) is 29.8 Å². The zero-order valence-electron chi connectivity index (χ0n) is 13.3. The van der Waals surface area contributed by atoms with Crippen LogP contribution in [-0.4, -0.2) is 44.9 Å². The fourth-order valence-corrected chi connectivity index (χ4v) is 2.09. The second-order valence-corrected chi connectivity index (χ2v) is 5.27. The largest absolute Gasteiger partial charge is 0.469 e. The van der Waals surface area contributed by atoms with Crippen LogP contribution < -0.4 is 10.2 Å². The molecule has 0 spiro atoms. The summed E-state index contributed by atoms with van der Waals surface area (Å²) >= 11 is 0. The third-order valence-corrected chi connectivity index (χ3v) is 3.40. The topological polar surface area (TPSA) is 61.8 Å². The second kappa shape index (κ2) is 8.64. The molecule has 0 heterocycles. The van der Waals surface area contributed by atoms with E-state index in [0.29, 0.717) is 0 Å². The van der Waals surface area contributed by atoms with Gasteiger partial charge in [-0.25, -0.2) is 0 Å². The molecule has 2 N–H and O–H groups in total. The Bertz CT molecular complexity index is 432. The Morgan fingerprint density at radius 2 is 1.95 bits per heavy atom. The summed E-state index contributed by atoms with van der Waals surface area (Å²) in [6, 6.07) is 7.33. The summed E-state index contributed by atoms with van der Waals surface area (Å²) in [6.07, 6.45) is 0.337. The molecule has 1 rings (SSSR count). The van der Waals surface area contributed by atoms with E-state index < -0.39 is 6.10 Å². The fraction of sp³-hybridized carbons (Fsp3) is 0.562. The summed E-state index contributed by atoms with van der Waals surface area (Å²) < 4.78 is 4.70. The quantitative estimate of drug-likeness (QED) is 0.715. The van der Waals surface area contributed by atoms with Crippen LogP contribution in [0.5, 0.6) is 0 Å². The number of methoxy groups -OCH3 is 1. The monoisotopic (exact) mass is 294 g/mol. The number of carbonyl (C=O) groups excluding carboxylic acids is 1. The molecular formula is C16H26N2O3. The van der Waals surface area contributed by atoms with Crippen molar-refractivity contribution in [1.82, 2.24) is 5.32 Å². The minimum atomic E-state index is -0.744. The fourth-order valence-electron chi connectivity index (χ4n) is 2.09. The molecule has 21 heavy (non-hydrogen) atoms. The molecule has 0 radical (unpaired) electrons. The Morgan fingerprint density at radius 3 is 2.43 bits per heavy atom. The van der Waals surface area contributed by atoms with E-state index in [-0.39, 0.29) is 18.4 Å². The van der Waals surface area contributed by atoms with E-state index in [1.165, 1.54) is 7.11 Å². The van der Waals surface area contributed by atoms with Crippen LogP contribution in [0, 0.1) is 0 Å². The number of carbonyl (C=O) groups is 1. The van der Waals surface area contributed by atoms with E-state index in [9.17, 15) is 9.90 Å². The minimum absolute atomic E-state index is 0.146. The van der Waals surface area contributed by atoms with Crippen LogP contribution in [0.2, 0.25) is 0 Å². The third kappa shape index (κ3) is 5.36.